The molecular formula is C22H41N5O10. The van der Waals surface area contributed by atoms with Crippen molar-refractivity contribution in [3.05, 3.63) is 0 Å². The summed E-state index contributed by atoms with van der Waals surface area (Å²) in [5.74, 6) is -3.09. The first-order valence-corrected chi connectivity index (χ1v) is 12.1. The van der Waals surface area contributed by atoms with E-state index in [1.54, 1.807) is 6.92 Å². The Balaban J connectivity index is 3.78. The molecule has 0 saturated carbocycles. The molecule has 0 aliphatic rings. The first kappa shape index (κ1) is 34.1. The van der Waals surface area contributed by atoms with Crippen molar-refractivity contribution in [3.63, 3.8) is 0 Å². The van der Waals surface area contributed by atoms with Crippen molar-refractivity contribution in [2.24, 2.45) is 0 Å². The van der Waals surface area contributed by atoms with Crippen molar-refractivity contribution >= 4 is 29.6 Å². The summed E-state index contributed by atoms with van der Waals surface area (Å²) >= 11 is 0. The Bertz CT molecular complexity index is 680. The van der Waals surface area contributed by atoms with Crippen LogP contribution in [0.5, 0.6) is 0 Å². The second kappa shape index (κ2) is 23.5. The Kier molecular flexibility index (Phi) is 21.7. The second-order valence-corrected chi connectivity index (χ2v) is 7.51. The van der Waals surface area contributed by atoms with Gasteiger partial charge in [-0.3, -0.25) is 19.2 Å². The smallest absolute Gasteiger partial charge is 0.326 e. The lowest BCUT2D eigenvalue weighted by Gasteiger charge is -2.14. The van der Waals surface area contributed by atoms with Crippen LogP contribution >= 0.6 is 0 Å². The van der Waals surface area contributed by atoms with E-state index in [-0.39, 0.29) is 70.8 Å². The summed E-state index contributed by atoms with van der Waals surface area (Å²) < 4.78 is 20.9. The van der Waals surface area contributed by atoms with Crippen LogP contribution in [0.3, 0.4) is 0 Å². The molecule has 0 aliphatic heterocycles. The highest BCUT2D eigenvalue weighted by molar-refractivity contribution is 5.86. The largest absolute Gasteiger partial charge is 0.480 e. The zero-order chi connectivity index (χ0) is 27.7. The van der Waals surface area contributed by atoms with Crippen LogP contribution in [-0.4, -0.2) is 127 Å². The summed E-state index contributed by atoms with van der Waals surface area (Å²) in [5, 5.41) is 22.0. The lowest BCUT2D eigenvalue weighted by Crippen LogP contribution is -2.43. The van der Waals surface area contributed by atoms with E-state index in [4.69, 9.17) is 18.9 Å². The van der Waals surface area contributed by atoms with Gasteiger partial charge in [0.05, 0.1) is 46.2 Å². The number of nitrogens with one attached hydrogen (secondary N) is 5. The molecule has 0 fully saturated rings. The van der Waals surface area contributed by atoms with Gasteiger partial charge in [0.15, 0.2) is 0 Å². The van der Waals surface area contributed by atoms with Gasteiger partial charge in [-0.05, 0) is 20.4 Å². The summed E-state index contributed by atoms with van der Waals surface area (Å²) in [7, 11) is 1.83. The summed E-state index contributed by atoms with van der Waals surface area (Å²) in [6.07, 6.45) is -0.327. The third-order valence-electron chi connectivity index (χ3n) is 4.39. The molecule has 0 aromatic heterocycles. The highest BCUT2D eigenvalue weighted by atomic mass is 16.5. The van der Waals surface area contributed by atoms with Crippen LogP contribution in [0.15, 0.2) is 0 Å². The maximum atomic E-state index is 11.9. The standard InChI is InChI=1S/C22H41N5O10/c1-3-24-19(29)14-26-18(28)5-4-17(22(32)33)27-21(31)16-37-13-11-35-9-7-25-20(30)15-36-12-10-34-8-6-23-2/h17,23H,3-16H2,1-2H3,(H,24,29)(H,25,30)(H,26,28)(H,27,31)(H,32,33). The molecule has 0 rings (SSSR count). The Morgan fingerprint density at radius 3 is 1.89 bits per heavy atom. The zero-order valence-electron chi connectivity index (χ0n) is 21.6. The summed E-state index contributed by atoms with van der Waals surface area (Å²) in [5.41, 5.74) is 0. The molecule has 1 atom stereocenters. The SMILES string of the molecule is CCNC(=O)CNC(=O)CCC(NC(=O)COCCOCCNC(=O)COCCOCCNC)C(=O)O. The van der Waals surface area contributed by atoms with Crippen molar-refractivity contribution < 1.29 is 48.0 Å². The number of hydrogen-bond acceptors (Lipinski definition) is 10. The highest BCUT2D eigenvalue weighted by Gasteiger charge is 2.21. The molecule has 0 bridgehead atoms. The van der Waals surface area contributed by atoms with E-state index in [1.165, 1.54) is 0 Å². The lowest BCUT2D eigenvalue weighted by molar-refractivity contribution is -0.143. The molecule has 37 heavy (non-hydrogen) atoms. The van der Waals surface area contributed by atoms with Crippen molar-refractivity contribution in [3.8, 4) is 0 Å². The van der Waals surface area contributed by atoms with Crippen LogP contribution in [0, 0.1) is 0 Å². The van der Waals surface area contributed by atoms with Crippen LogP contribution < -0.4 is 26.6 Å². The molecule has 4 amide bonds. The zero-order valence-corrected chi connectivity index (χ0v) is 21.6. The Labute approximate surface area is 216 Å². The normalized spacial score (nSPS) is 11.4. The Morgan fingerprint density at radius 2 is 1.30 bits per heavy atom. The number of carboxylic acids is 1. The molecule has 0 aliphatic carbocycles. The van der Waals surface area contributed by atoms with Crippen molar-refractivity contribution in [2.45, 2.75) is 25.8 Å². The number of carbonyl (C=O) groups is 5. The summed E-state index contributed by atoms with van der Waals surface area (Å²) in [6, 6.07) is -1.28. The molecule has 0 heterocycles. The van der Waals surface area contributed by atoms with E-state index in [1.807, 2.05) is 7.05 Å². The molecular weight excluding hydrogens is 494 g/mol. The van der Waals surface area contributed by atoms with E-state index in [0.29, 0.717) is 26.4 Å². The fourth-order valence-electron chi connectivity index (χ4n) is 2.55. The molecule has 15 nitrogen and oxygen atoms in total. The first-order chi connectivity index (χ1) is 17.8. The van der Waals surface area contributed by atoms with E-state index >= 15 is 0 Å². The predicted molar refractivity (Wildman–Crippen MR) is 131 cm³/mol. The van der Waals surface area contributed by atoms with Crippen LogP contribution in [0.2, 0.25) is 0 Å². The van der Waals surface area contributed by atoms with Gasteiger partial charge >= 0.3 is 5.97 Å². The topological polar surface area (TPSA) is 203 Å². The minimum atomic E-state index is -1.29. The minimum Gasteiger partial charge on any atom is -0.480 e. The van der Waals surface area contributed by atoms with Gasteiger partial charge in [0.25, 0.3) is 0 Å². The lowest BCUT2D eigenvalue weighted by atomic mass is 10.1. The molecule has 1 unspecified atom stereocenters. The van der Waals surface area contributed by atoms with Gasteiger partial charge in [-0.15, -0.1) is 0 Å². The van der Waals surface area contributed by atoms with E-state index in [2.05, 4.69) is 26.6 Å². The number of aliphatic carboxylic acids is 1. The summed E-state index contributed by atoms with van der Waals surface area (Å²) in [4.78, 5) is 57.9. The molecule has 0 radical (unpaired) electrons. The molecule has 0 aromatic rings. The Morgan fingerprint density at radius 1 is 0.703 bits per heavy atom. The van der Waals surface area contributed by atoms with Gasteiger partial charge in [0, 0.05) is 26.1 Å². The van der Waals surface area contributed by atoms with Crippen molar-refractivity contribution in [1.82, 2.24) is 26.6 Å². The fraction of sp³-hybridized carbons (Fsp3) is 0.773. The fourth-order valence-corrected chi connectivity index (χ4v) is 2.55. The molecule has 0 saturated heterocycles. The second-order valence-electron chi connectivity index (χ2n) is 7.51. The number of hydrogen-bond donors (Lipinski definition) is 6. The number of carboxylic acid groups (broad SMARTS) is 1. The monoisotopic (exact) mass is 535 g/mol. The van der Waals surface area contributed by atoms with Crippen LogP contribution in [0.4, 0.5) is 0 Å². The average Bonchev–Trinajstić information content (AvgIpc) is 2.86. The van der Waals surface area contributed by atoms with Gasteiger partial charge in [-0.2, -0.15) is 0 Å². The third kappa shape index (κ3) is 22.1. The highest BCUT2D eigenvalue weighted by Crippen LogP contribution is 1.98. The molecule has 214 valence electrons. The third-order valence-corrected chi connectivity index (χ3v) is 4.39. The van der Waals surface area contributed by atoms with Gasteiger partial charge in [-0.1, -0.05) is 0 Å². The predicted octanol–water partition coefficient (Wildman–Crippen LogP) is -3.01. The number of rotatable bonds is 24. The van der Waals surface area contributed by atoms with Crippen LogP contribution in [0.1, 0.15) is 19.8 Å². The molecule has 0 spiro atoms. The van der Waals surface area contributed by atoms with Crippen molar-refractivity contribution in [1.29, 1.82) is 0 Å². The quantitative estimate of drug-likeness (QED) is 0.0687. The number of ether oxygens (including phenoxy) is 4. The average molecular weight is 536 g/mol. The van der Waals surface area contributed by atoms with E-state index in [0.717, 1.165) is 6.54 Å². The van der Waals surface area contributed by atoms with Gasteiger partial charge in [0.1, 0.15) is 19.3 Å². The van der Waals surface area contributed by atoms with Crippen LogP contribution in [0.25, 0.3) is 0 Å². The number of likely N-dealkylation sites (N-methyl/N-ethyl adjacent to an activating group) is 2. The first-order valence-electron chi connectivity index (χ1n) is 12.1. The minimum absolute atomic E-state index is 0.0776. The van der Waals surface area contributed by atoms with Gasteiger partial charge in [-0.25, -0.2) is 4.79 Å². The molecule has 6 N–H and O–H groups in total. The molecule has 0 aromatic carbocycles. The Hall–Kier alpha value is -2.85. The number of carbonyl (C=O) groups excluding carboxylic acids is 4. The van der Waals surface area contributed by atoms with E-state index in [9.17, 15) is 29.1 Å². The van der Waals surface area contributed by atoms with Crippen LogP contribution in [-0.2, 0) is 42.9 Å². The van der Waals surface area contributed by atoms with Gasteiger partial charge < -0.3 is 50.6 Å². The van der Waals surface area contributed by atoms with Gasteiger partial charge in [0.2, 0.25) is 23.6 Å². The number of amides is 4. The maximum absolute atomic E-state index is 11.9. The van der Waals surface area contributed by atoms with E-state index < -0.39 is 23.8 Å². The molecule has 15 heteroatoms. The summed E-state index contributed by atoms with van der Waals surface area (Å²) in [6.45, 7) is 4.30. The maximum Gasteiger partial charge on any atom is 0.326 e. The van der Waals surface area contributed by atoms with Crippen molar-refractivity contribution in [2.75, 3.05) is 86.1 Å².